The van der Waals surface area contributed by atoms with Crippen molar-refractivity contribution in [3.05, 3.63) is 23.8 Å². The zero-order chi connectivity index (χ0) is 16.1. The lowest BCUT2D eigenvalue weighted by Crippen LogP contribution is -2.48. The van der Waals surface area contributed by atoms with Crippen LogP contribution >= 0.6 is 0 Å². The highest BCUT2D eigenvalue weighted by atomic mass is 16.5. The van der Waals surface area contributed by atoms with Crippen molar-refractivity contribution in [2.75, 3.05) is 20.3 Å². The standard InChI is InChI=1S/C17H26N2O3/c1-12-4-5-15(16(10-12)21-3)22-9-7-17(20)19-8-6-14(18)11-13(19)2/h4-5,10,13-14H,6-9,11,18H2,1-3H3/t13-,14-/m0/s1. The third kappa shape index (κ3) is 4.13. The first-order valence-electron chi connectivity index (χ1n) is 7.83. The molecule has 2 atom stereocenters. The molecule has 122 valence electrons. The molecule has 0 unspecified atom stereocenters. The Morgan fingerprint density at radius 2 is 2.18 bits per heavy atom. The minimum absolute atomic E-state index is 0.130. The molecule has 1 amide bonds. The van der Waals surface area contributed by atoms with Crippen LogP contribution in [0.25, 0.3) is 0 Å². The molecule has 1 aromatic carbocycles. The van der Waals surface area contributed by atoms with Crippen LogP contribution in [-0.2, 0) is 4.79 Å². The Labute approximate surface area is 132 Å². The molecule has 0 radical (unpaired) electrons. The molecule has 0 bridgehead atoms. The Morgan fingerprint density at radius 1 is 1.41 bits per heavy atom. The molecular formula is C17H26N2O3. The maximum atomic E-state index is 12.3. The summed E-state index contributed by atoms with van der Waals surface area (Å²) in [5.41, 5.74) is 7.04. The van der Waals surface area contributed by atoms with Crippen LogP contribution in [0, 0.1) is 6.92 Å². The lowest BCUT2D eigenvalue weighted by Gasteiger charge is -2.36. The van der Waals surface area contributed by atoms with Gasteiger partial charge in [0.15, 0.2) is 11.5 Å². The van der Waals surface area contributed by atoms with Crippen molar-refractivity contribution >= 4 is 5.91 Å². The molecule has 22 heavy (non-hydrogen) atoms. The Hall–Kier alpha value is -1.75. The predicted molar refractivity (Wildman–Crippen MR) is 86.2 cm³/mol. The number of benzene rings is 1. The fourth-order valence-electron chi connectivity index (χ4n) is 2.86. The molecule has 0 spiro atoms. The summed E-state index contributed by atoms with van der Waals surface area (Å²) in [6, 6.07) is 6.19. The molecule has 2 rings (SSSR count). The maximum absolute atomic E-state index is 12.3. The number of carbonyl (C=O) groups excluding carboxylic acids is 1. The first-order valence-corrected chi connectivity index (χ1v) is 7.83. The Kier molecular flexibility index (Phi) is 5.66. The van der Waals surface area contributed by atoms with E-state index < -0.39 is 0 Å². The van der Waals surface area contributed by atoms with E-state index in [1.807, 2.05) is 30.0 Å². The highest BCUT2D eigenvalue weighted by Crippen LogP contribution is 2.28. The van der Waals surface area contributed by atoms with Gasteiger partial charge in [-0.25, -0.2) is 0 Å². The van der Waals surface area contributed by atoms with Crippen molar-refractivity contribution in [2.24, 2.45) is 5.73 Å². The minimum atomic E-state index is 0.130. The van der Waals surface area contributed by atoms with Gasteiger partial charge in [-0.1, -0.05) is 6.07 Å². The van der Waals surface area contributed by atoms with E-state index in [0.29, 0.717) is 24.5 Å². The van der Waals surface area contributed by atoms with Crippen molar-refractivity contribution in [1.82, 2.24) is 4.90 Å². The number of hydrogen-bond acceptors (Lipinski definition) is 4. The van der Waals surface area contributed by atoms with Crippen LogP contribution in [0.2, 0.25) is 0 Å². The SMILES string of the molecule is COc1cc(C)ccc1OCCC(=O)N1CC[C@H](N)C[C@@H]1C. The lowest BCUT2D eigenvalue weighted by molar-refractivity contribution is -0.135. The molecule has 0 saturated carbocycles. The molecule has 1 aliphatic heterocycles. The van der Waals surface area contributed by atoms with Gasteiger partial charge in [0.1, 0.15) is 0 Å². The number of rotatable bonds is 5. The zero-order valence-corrected chi connectivity index (χ0v) is 13.7. The Morgan fingerprint density at radius 3 is 2.86 bits per heavy atom. The van der Waals surface area contributed by atoms with Crippen LogP contribution in [0.15, 0.2) is 18.2 Å². The highest BCUT2D eigenvalue weighted by molar-refractivity contribution is 5.76. The van der Waals surface area contributed by atoms with E-state index in [-0.39, 0.29) is 18.0 Å². The predicted octanol–water partition coefficient (Wildman–Crippen LogP) is 2.11. The molecule has 5 heteroatoms. The summed E-state index contributed by atoms with van der Waals surface area (Å²) in [5.74, 6) is 1.50. The van der Waals surface area contributed by atoms with Crippen molar-refractivity contribution in [3.8, 4) is 11.5 Å². The first kappa shape index (κ1) is 16.6. The van der Waals surface area contributed by atoms with Crippen molar-refractivity contribution in [1.29, 1.82) is 0 Å². The second-order valence-electron chi connectivity index (χ2n) is 5.97. The number of hydrogen-bond donors (Lipinski definition) is 1. The molecule has 1 heterocycles. The second-order valence-corrected chi connectivity index (χ2v) is 5.97. The minimum Gasteiger partial charge on any atom is -0.493 e. The van der Waals surface area contributed by atoms with Gasteiger partial charge in [-0.15, -0.1) is 0 Å². The molecule has 5 nitrogen and oxygen atoms in total. The van der Waals surface area contributed by atoms with Gasteiger partial charge < -0.3 is 20.1 Å². The van der Waals surface area contributed by atoms with Gasteiger partial charge >= 0.3 is 0 Å². The average Bonchev–Trinajstić information content (AvgIpc) is 2.48. The molecule has 1 fully saturated rings. The number of nitrogens with two attached hydrogens (primary N) is 1. The Bertz CT molecular complexity index is 519. The summed E-state index contributed by atoms with van der Waals surface area (Å²) in [7, 11) is 1.62. The van der Waals surface area contributed by atoms with Crippen molar-refractivity contribution < 1.29 is 14.3 Å². The number of likely N-dealkylation sites (tertiary alicyclic amines) is 1. The maximum Gasteiger partial charge on any atom is 0.226 e. The summed E-state index contributed by atoms with van der Waals surface area (Å²) in [6.45, 7) is 5.15. The number of piperidine rings is 1. The number of ether oxygens (including phenoxy) is 2. The quantitative estimate of drug-likeness (QED) is 0.905. The summed E-state index contributed by atoms with van der Waals surface area (Å²) in [5, 5.41) is 0. The van der Waals surface area contributed by atoms with Gasteiger partial charge in [-0.05, 0) is 44.4 Å². The molecule has 0 aromatic heterocycles. The van der Waals surface area contributed by atoms with E-state index in [1.165, 1.54) is 0 Å². The van der Waals surface area contributed by atoms with Gasteiger partial charge in [0.25, 0.3) is 0 Å². The molecule has 1 aromatic rings. The van der Waals surface area contributed by atoms with E-state index in [1.54, 1.807) is 7.11 Å². The van der Waals surface area contributed by atoms with E-state index in [0.717, 1.165) is 24.9 Å². The summed E-state index contributed by atoms with van der Waals surface area (Å²) < 4.78 is 11.0. The van der Waals surface area contributed by atoms with Crippen LogP contribution in [0.3, 0.4) is 0 Å². The van der Waals surface area contributed by atoms with Gasteiger partial charge in [0.05, 0.1) is 20.1 Å². The van der Waals surface area contributed by atoms with Crippen LogP contribution in [0.4, 0.5) is 0 Å². The first-order chi connectivity index (χ1) is 10.5. The van der Waals surface area contributed by atoms with Crippen molar-refractivity contribution in [2.45, 2.75) is 45.2 Å². The largest absolute Gasteiger partial charge is 0.493 e. The van der Waals surface area contributed by atoms with Crippen LogP contribution in [-0.4, -0.2) is 43.2 Å². The van der Waals surface area contributed by atoms with Crippen LogP contribution in [0.1, 0.15) is 31.7 Å². The monoisotopic (exact) mass is 306 g/mol. The number of amides is 1. The summed E-state index contributed by atoms with van der Waals surface area (Å²) >= 11 is 0. The number of nitrogens with zero attached hydrogens (tertiary/aromatic N) is 1. The smallest absolute Gasteiger partial charge is 0.226 e. The zero-order valence-electron chi connectivity index (χ0n) is 13.7. The van der Waals surface area contributed by atoms with Crippen molar-refractivity contribution in [3.63, 3.8) is 0 Å². The number of aryl methyl sites for hydroxylation is 1. The third-order valence-corrected chi connectivity index (χ3v) is 4.13. The average molecular weight is 306 g/mol. The topological polar surface area (TPSA) is 64.8 Å². The van der Waals surface area contributed by atoms with Gasteiger partial charge in [0.2, 0.25) is 5.91 Å². The Balaban J connectivity index is 1.84. The van der Waals surface area contributed by atoms with E-state index >= 15 is 0 Å². The second kappa shape index (κ2) is 7.49. The van der Waals surface area contributed by atoms with E-state index in [2.05, 4.69) is 6.92 Å². The normalized spacial score (nSPS) is 21.5. The summed E-state index contributed by atoms with van der Waals surface area (Å²) in [4.78, 5) is 14.2. The third-order valence-electron chi connectivity index (χ3n) is 4.13. The fourth-order valence-corrected chi connectivity index (χ4v) is 2.86. The molecule has 2 N–H and O–H groups in total. The van der Waals surface area contributed by atoms with Gasteiger partial charge in [0, 0.05) is 18.6 Å². The lowest BCUT2D eigenvalue weighted by atomic mass is 9.99. The fraction of sp³-hybridized carbons (Fsp3) is 0.588. The number of methoxy groups -OCH3 is 1. The molecular weight excluding hydrogens is 280 g/mol. The molecule has 1 aliphatic rings. The van der Waals surface area contributed by atoms with Crippen LogP contribution in [0.5, 0.6) is 11.5 Å². The number of carbonyl (C=O) groups is 1. The van der Waals surface area contributed by atoms with Crippen LogP contribution < -0.4 is 15.2 Å². The summed E-state index contributed by atoms with van der Waals surface area (Å²) in [6.07, 6.45) is 2.12. The molecule has 1 saturated heterocycles. The molecule has 0 aliphatic carbocycles. The van der Waals surface area contributed by atoms with Gasteiger partial charge in [-0.3, -0.25) is 4.79 Å². The highest BCUT2D eigenvalue weighted by Gasteiger charge is 2.26. The van der Waals surface area contributed by atoms with Gasteiger partial charge in [-0.2, -0.15) is 0 Å². The van der Waals surface area contributed by atoms with E-state index in [4.69, 9.17) is 15.2 Å². The van der Waals surface area contributed by atoms with E-state index in [9.17, 15) is 4.79 Å².